The molecule has 0 aliphatic carbocycles. The summed E-state index contributed by atoms with van der Waals surface area (Å²) in [5.74, 6) is -0.194. The van der Waals surface area contributed by atoms with Gasteiger partial charge >= 0.3 is 0 Å². The minimum atomic E-state index is -0.195. The molecule has 0 radical (unpaired) electrons. The van der Waals surface area contributed by atoms with E-state index in [1.54, 1.807) is 12.1 Å². The van der Waals surface area contributed by atoms with Crippen LogP contribution in [0, 0.1) is 10.5 Å². The van der Waals surface area contributed by atoms with E-state index in [9.17, 15) is 9.59 Å². The van der Waals surface area contributed by atoms with Gasteiger partial charge < -0.3 is 10.2 Å². The van der Waals surface area contributed by atoms with Crippen molar-refractivity contribution in [2.45, 2.75) is 32.6 Å². The molecule has 0 aromatic heterocycles. The predicted octanol–water partition coefficient (Wildman–Crippen LogP) is 4.87. The van der Waals surface area contributed by atoms with Gasteiger partial charge in [-0.2, -0.15) is 0 Å². The lowest BCUT2D eigenvalue weighted by Gasteiger charge is -2.22. The Balaban J connectivity index is 1.81. The van der Waals surface area contributed by atoms with Crippen LogP contribution in [-0.2, 0) is 0 Å². The Kier molecular flexibility index (Phi) is 6.29. The highest BCUT2D eigenvalue weighted by Gasteiger charge is 2.21. The van der Waals surface area contributed by atoms with Gasteiger partial charge in [-0.05, 0) is 72.2 Å². The molecule has 1 aliphatic heterocycles. The number of aryl methyl sites for hydroxylation is 1. The van der Waals surface area contributed by atoms with Crippen LogP contribution < -0.4 is 5.32 Å². The summed E-state index contributed by atoms with van der Waals surface area (Å²) in [6.45, 7) is 3.59. The monoisotopic (exact) mass is 462 g/mol. The van der Waals surface area contributed by atoms with Crippen LogP contribution in [0.2, 0.25) is 0 Å². The van der Waals surface area contributed by atoms with Crippen molar-refractivity contribution in [1.29, 1.82) is 0 Å². The maximum absolute atomic E-state index is 13.0. The van der Waals surface area contributed by atoms with Gasteiger partial charge in [0.25, 0.3) is 11.8 Å². The molecule has 2 aromatic rings. The van der Waals surface area contributed by atoms with E-state index in [2.05, 4.69) is 27.9 Å². The van der Waals surface area contributed by atoms with Crippen molar-refractivity contribution in [2.75, 3.05) is 18.4 Å². The van der Waals surface area contributed by atoms with E-state index in [0.717, 1.165) is 35.1 Å². The van der Waals surface area contributed by atoms with Crippen LogP contribution in [0.1, 0.15) is 52.0 Å². The lowest BCUT2D eigenvalue weighted by Crippen LogP contribution is -2.32. The lowest BCUT2D eigenvalue weighted by molar-refractivity contribution is 0.0762. The van der Waals surface area contributed by atoms with Crippen molar-refractivity contribution in [3.8, 4) is 0 Å². The number of carbonyl (C=O) groups is 2. The molecule has 1 heterocycles. The first-order valence-corrected chi connectivity index (χ1v) is 10.1. The molecule has 1 aliphatic rings. The number of hydrogen-bond acceptors (Lipinski definition) is 2. The second-order valence-electron chi connectivity index (χ2n) is 6.67. The van der Waals surface area contributed by atoms with Gasteiger partial charge in [-0.25, -0.2) is 0 Å². The molecule has 2 aromatic carbocycles. The van der Waals surface area contributed by atoms with Crippen molar-refractivity contribution in [3.63, 3.8) is 0 Å². The largest absolute Gasteiger partial charge is 0.339 e. The van der Waals surface area contributed by atoms with E-state index in [4.69, 9.17) is 0 Å². The van der Waals surface area contributed by atoms with Crippen LogP contribution in [0.3, 0.4) is 0 Å². The third-order valence-corrected chi connectivity index (χ3v) is 5.90. The highest BCUT2D eigenvalue weighted by molar-refractivity contribution is 14.1. The Labute approximate surface area is 168 Å². The number of benzene rings is 2. The van der Waals surface area contributed by atoms with Gasteiger partial charge in [0.1, 0.15) is 0 Å². The minimum Gasteiger partial charge on any atom is -0.339 e. The molecule has 0 saturated carbocycles. The Morgan fingerprint density at radius 3 is 2.38 bits per heavy atom. The molecule has 0 unspecified atom stereocenters. The predicted molar refractivity (Wildman–Crippen MR) is 113 cm³/mol. The Bertz CT molecular complexity index is 811. The van der Waals surface area contributed by atoms with E-state index in [1.807, 2.05) is 42.2 Å². The fraction of sp³-hybridized carbons (Fsp3) is 0.333. The molecule has 3 rings (SSSR count). The van der Waals surface area contributed by atoms with Gasteiger partial charge in [0.05, 0.1) is 11.3 Å². The van der Waals surface area contributed by atoms with Gasteiger partial charge in [-0.15, -0.1) is 0 Å². The van der Waals surface area contributed by atoms with Crippen molar-refractivity contribution >= 4 is 40.1 Å². The molecular weight excluding hydrogens is 439 g/mol. The highest BCUT2D eigenvalue weighted by atomic mass is 127. The summed E-state index contributed by atoms with van der Waals surface area (Å²) in [6, 6.07) is 12.9. The summed E-state index contributed by atoms with van der Waals surface area (Å²) in [5.41, 5.74) is 2.86. The number of rotatable bonds is 3. The van der Waals surface area contributed by atoms with Crippen molar-refractivity contribution in [1.82, 2.24) is 4.90 Å². The summed E-state index contributed by atoms with van der Waals surface area (Å²) >= 11 is 2.22. The zero-order chi connectivity index (χ0) is 18.5. The number of likely N-dealkylation sites (tertiary alicyclic amines) is 1. The second kappa shape index (κ2) is 8.66. The molecule has 2 amide bonds. The summed E-state index contributed by atoms with van der Waals surface area (Å²) in [5, 5.41) is 2.92. The average molecular weight is 462 g/mol. The quantitative estimate of drug-likeness (QED) is 0.662. The highest BCUT2D eigenvalue weighted by Crippen LogP contribution is 2.21. The number of hydrogen-bond donors (Lipinski definition) is 1. The summed E-state index contributed by atoms with van der Waals surface area (Å²) in [6.07, 6.45) is 4.44. The van der Waals surface area contributed by atoms with Crippen LogP contribution in [0.15, 0.2) is 42.5 Å². The third kappa shape index (κ3) is 4.44. The van der Waals surface area contributed by atoms with E-state index in [1.165, 1.54) is 12.8 Å². The number of carbonyl (C=O) groups excluding carboxylic acids is 2. The van der Waals surface area contributed by atoms with Gasteiger partial charge in [0.15, 0.2) is 0 Å². The number of halogens is 1. The summed E-state index contributed by atoms with van der Waals surface area (Å²) < 4.78 is 1.05. The fourth-order valence-electron chi connectivity index (χ4n) is 3.15. The van der Waals surface area contributed by atoms with Gasteiger partial charge in [-0.1, -0.05) is 31.0 Å². The van der Waals surface area contributed by atoms with E-state index in [0.29, 0.717) is 16.8 Å². The average Bonchev–Trinajstić information content (AvgIpc) is 2.93. The molecule has 0 spiro atoms. The molecule has 0 atom stereocenters. The molecule has 26 heavy (non-hydrogen) atoms. The normalized spacial score (nSPS) is 14.6. The first-order valence-electron chi connectivity index (χ1n) is 9.02. The SMILES string of the molecule is Cc1ccc(C(=O)Nc2ccccc2C(=O)N2CCCCCC2)cc1I. The molecule has 1 fully saturated rings. The van der Waals surface area contributed by atoms with Crippen LogP contribution in [0.4, 0.5) is 5.69 Å². The van der Waals surface area contributed by atoms with Crippen molar-refractivity contribution in [3.05, 3.63) is 62.7 Å². The second-order valence-corrected chi connectivity index (χ2v) is 7.83. The lowest BCUT2D eigenvalue weighted by atomic mass is 10.1. The zero-order valence-corrected chi connectivity index (χ0v) is 17.1. The summed E-state index contributed by atoms with van der Waals surface area (Å²) in [7, 11) is 0. The molecule has 136 valence electrons. The van der Waals surface area contributed by atoms with Crippen LogP contribution in [0.25, 0.3) is 0 Å². The van der Waals surface area contributed by atoms with Gasteiger partial charge in [-0.3, -0.25) is 9.59 Å². The number of nitrogens with one attached hydrogen (secondary N) is 1. The van der Waals surface area contributed by atoms with Gasteiger partial charge in [0.2, 0.25) is 0 Å². The Morgan fingerprint density at radius 2 is 1.69 bits per heavy atom. The van der Waals surface area contributed by atoms with Crippen molar-refractivity contribution in [2.24, 2.45) is 0 Å². The first-order chi connectivity index (χ1) is 12.6. The number of para-hydroxylation sites is 1. The number of nitrogens with zero attached hydrogens (tertiary/aromatic N) is 1. The number of amides is 2. The van der Waals surface area contributed by atoms with E-state index < -0.39 is 0 Å². The Morgan fingerprint density at radius 1 is 1.00 bits per heavy atom. The van der Waals surface area contributed by atoms with Crippen molar-refractivity contribution < 1.29 is 9.59 Å². The topological polar surface area (TPSA) is 49.4 Å². The van der Waals surface area contributed by atoms with E-state index in [-0.39, 0.29) is 11.8 Å². The van der Waals surface area contributed by atoms with Crippen LogP contribution >= 0.6 is 22.6 Å². The van der Waals surface area contributed by atoms with Gasteiger partial charge in [0, 0.05) is 22.2 Å². The van der Waals surface area contributed by atoms with E-state index >= 15 is 0 Å². The minimum absolute atomic E-state index is 0.00119. The zero-order valence-electron chi connectivity index (χ0n) is 14.9. The molecule has 1 N–H and O–H groups in total. The summed E-state index contributed by atoms with van der Waals surface area (Å²) in [4.78, 5) is 27.5. The maximum Gasteiger partial charge on any atom is 0.255 e. The fourth-order valence-corrected chi connectivity index (χ4v) is 3.67. The first kappa shape index (κ1) is 18.9. The molecule has 5 heteroatoms. The van der Waals surface area contributed by atoms with Crippen LogP contribution in [0.5, 0.6) is 0 Å². The van der Waals surface area contributed by atoms with Crippen LogP contribution in [-0.4, -0.2) is 29.8 Å². The number of anilines is 1. The standard InChI is InChI=1S/C21H23IN2O2/c1-15-10-11-16(14-18(15)22)20(25)23-19-9-5-4-8-17(19)21(26)24-12-6-2-3-7-13-24/h4-5,8-11,14H,2-3,6-7,12-13H2,1H3,(H,23,25). The molecular formula is C21H23IN2O2. The smallest absolute Gasteiger partial charge is 0.255 e. The molecule has 1 saturated heterocycles. The Hall–Kier alpha value is -1.89. The molecule has 0 bridgehead atoms. The maximum atomic E-state index is 13.0. The molecule has 4 nitrogen and oxygen atoms in total. The third-order valence-electron chi connectivity index (χ3n) is 4.73.